The van der Waals surface area contributed by atoms with Crippen LogP contribution in [-0.4, -0.2) is 11.1 Å². The van der Waals surface area contributed by atoms with Gasteiger partial charge in [-0.25, -0.2) is 0 Å². The van der Waals surface area contributed by atoms with Crippen LogP contribution in [0.2, 0.25) is 0 Å². The number of aryl methyl sites for hydroxylation is 2. The van der Waals surface area contributed by atoms with Crippen molar-refractivity contribution >= 4 is 5.97 Å². The summed E-state index contributed by atoms with van der Waals surface area (Å²) in [6, 6.07) is 13.6. The van der Waals surface area contributed by atoms with Crippen LogP contribution < -0.4 is 4.74 Å². The summed E-state index contributed by atoms with van der Waals surface area (Å²) in [5, 5.41) is 8.84. The molecule has 96 valence electrons. The molecular formula is C16H14O3. The molecule has 2 aromatic rings. The number of ether oxygens (including phenoxy) is 1. The first kappa shape index (κ1) is 11.8. The lowest BCUT2D eigenvalue weighted by Crippen LogP contribution is -2.01. The van der Waals surface area contributed by atoms with Crippen molar-refractivity contribution in [1.29, 1.82) is 0 Å². The molecule has 1 N–H and O–H groups in total. The summed E-state index contributed by atoms with van der Waals surface area (Å²) in [6.45, 7) is 0. The van der Waals surface area contributed by atoms with E-state index in [1.54, 1.807) is 0 Å². The largest absolute Gasteiger partial charge is 0.481 e. The van der Waals surface area contributed by atoms with Gasteiger partial charge in [0.25, 0.3) is 0 Å². The highest BCUT2D eigenvalue weighted by Crippen LogP contribution is 2.33. The fourth-order valence-corrected chi connectivity index (χ4v) is 2.41. The first-order valence-electron chi connectivity index (χ1n) is 6.32. The maximum atomic E-state index is 10.8. The minimum Gasteiger partial charge on any atom is -0.481 e. The van der Waals surface area contributed by atoms with Crippen LogP contribution in [0.25, 0.3) is 0 Å². The van der Waals surface area contributed by atoms with Gasteiger partial charge in [-0.05, 0) is 41.7 Å². The first-order chi connectivity index (χ1) is 9.22. The number of hydrogen-bond donors (Lipinski definition) is 1. The molecule has 0 atom stereocenters. The molecule has 1 aliphatic rings. The summed E-state index contributed by atoms with van der Waals surface area (Å²) in [4.78, 5) is 10.8. The maximum absolute atomic E-state index is 10.8. The average molecular weight is 254 g/mol. The van der Waals surface area contributed by atoms with Crippen LogP contribution >= 0.6 is 0 Å². The van der Waals surface area contributed by atoms with Gasteiger partial charge >= 0.3 is 5.97 Å². The number of para-hydroxylation sites is 1. The predicted molar refractivity (Wildman–Crippen MR) is 71.7 cm³/mol. The molecule has 0 spiro atoms. The second kappa shape index (κ2) is 4.76. The van der Waals surface area contributed by atoms with Gasteiger partial charge in [0, 0.05) is 0 Å². The summed E-state index contributed by atoms with van der Waals surface area (Å²) in [7, 11) is 0. The van der Waals surface area contributed by atoms with E-state index in [1.165, 1.54) is 5.56 Å². The molecule has 0 radical (unpaired) electrons. The second-order valence-corrected chi connectivity index (χ2v) is 4.72. The van der Waals surface area contributed by atoms with Gasteiger partial charge in [0.05, 0.1) is 6.42 Å². The lowest BCUT2D eigenvalue weighted by atomic mass is 10.0. The Morgan fingerprint density at radius 3 is 2.63 bits per heavy atom. The highest BCUT2D eigenvalue weighted by Gasteiger charge is 2.15. The van der Waals surface area contributed by atoms with E-state index >= 15 is 0 Å². The zero-order chi connectivity index (χ0) is 13.2. The van der Waals surface area contributed by atoms with Crippen molar-refractivity contribution in [2.75, 3.05) is 0 Å². The van der Waals surface area contributed by atoms with E-state index in [0.29, 0.717) is 0 Å². The van der Waals surface area contributed by atoms with Gasteiger partial charge in [-0.1, -0.05) is 30.3 Å². The van der Waals surface area contributed by atoms with Gasteiger partial charge in [0.2, 0.25) is 0 Å². The Kier molecular flexibility index (Phi) is 2.95. The minimum atomic E-state index is -0.808. The van der Waals surface area contributed by atoms with E-state index in [-0.39, 0.29) is 6.42 Å². The van der Waals surface area contributed by atoms with Gasteiger partial charge in [-0.2, -0.15) is 0 Å². The van der Waals surface area contributed by atoms with E-state index in [4.69, 9.17) is 9.84 Å². The number of carboxylic acids is 1. The van der Waals surface area contributed by atoms with Gasteiger partial charge in [0.15, 0.2) is 0 Å². The number of carbonyl (C=O) groups is 1. The SMILES string of the molecule is O=C(O)Cc1ccc2c(c1)CCc1ccccc1O2. The van der Waals surface area contributed by atoms with Crippen molar-refractivity contribution in [2.24, 2.45) is 0 Å². The van der Waals surface area contributed by atoms with Gasteiger partial charge in [-0.15, -0.1) is 0 Å². The van der Waals surface area contributed by atoms with E-state index in [1.807, 2.05) is 36.4 Å². The number of rotatable bonds is 2. The number of carboxylic acid groups (broad SMARTS) is 1. The molecule has 2 aromatic carbocycles. The van der Waals surface area contributed by atoms with Crippen LogP contribution in [0.15, 0.2) is 42.5 Å². The molecule has 0 amide bonds. The van der Waals surface area contributed by atoms with Gasteiger partial charge < -0.3 is 9.84 Å². The fraction of sp³-hybridized carbons (Fsp3) is 0.188. The zero-order valence-corrected chi connectivity index (χ0v) is 10.4. The Morgan fingerprint density at radius 2 is 1.79 bits per heavy atom. The average Bonchev–Trinajstić information content (AvgIpc) is 2.57. The van der Waals surface area contributed by atoms with Crippen LogP contribution in [0, 0.1) is 0 Å². The normalized spacial score (nSPS) is 12.8. The van der Waals surface area contributed by atoms with Crippen molar-refractivity contribution in [2.45, 2.75) is 19.3 Å². The molecule has 0 saturated heterocycles. The lowest BCUT2D eigenvalue weighted by molar-refractivity contribution is -0.136. The van der Waals surface area contributed by atoms with Gasteiger partial charge in [0.1, 0.15) is 11.5 Å². The predicted octanol–water partition coefficient (Wildman–Crippen LogP) is 3.20. The first-order valence-corrected chi connectivity index (χ1v) is 6.32. The Hall–Kier alpha value is -2.29. The second-order valence-electron chi connectivity index (χ2n) is 4.72. The molecule has 3 nitrogen and oxygen atoms in total. The molecule has 0 bridgehead atoms. The molecular weight excluding hydrogens is 240 g/mol. The Morgan fingerprint density at radius 1 is 1.05 bits per heavy atom. The number of aliphatic carboxylic acids is 1. The molecule has 0 aromatic heterocycles. The monoisotopic (exact) mass is 254 g/mol. The molecule has 0 aliphatic carbocycles. The molecule has 1 aliphatic heterocycles. The third-order valence-electron chi connectivity index (χ3n) is 3.34. The van der Waals surface area contributed by atoms with Crippen LogP contribution in [0.5, 0.6) is 11.5 Å². The van der Waals surface area contributed by atoms with E-state index in [9.17, 15) is 4.79 Å². The number of benzene rings is 2. The molecule has 3 rings (SSSR count). The van der Waals surface area contributed by atoms with Crippen LogP contribution in [0.1, 0.15) is 16.7 Å². The minimum absolute atomic E-state index is 0.0558. The third kappa shape index (κ3) is 2.45. The van der Waals surface area contributed by atoms with Crippen LogP contribution in [0.4, 0.5) is 0 Å². The van der Waals surface area contributed by atoms with Crippen molar-refractivity contribution in [3.05, 3.63) is 59.2 Å². The third-order valence-corrected chi connectivity index (χ3v) is 3.34. The highest BCUT2D eigenvalue weighted by molar-refractivity contribution is 5.70. The van der Waals surface area contributed by atoms with E-state index in [2.05, 4.69) is 6.07 Å². The standard InChI is InChI=1S/C16H14O3/c17-16(18)10-11-5-8-15-13(9-11)7-6-12-3-1-2-4-14(12)19-15/h1-5,8-9H,6-7,10H2,(H,17,18). The Labute approximate surface area is 111 Å². The molecule has 0 fully saturated rings. The fourth-order valence-electron chi connectivity index (χ4n) is 2.41. The van der Waals surface area contributed by atoms with Crippen molar-refractivity contribution in [3.8, 4) is 11.5 Å². The van der Waals surface area contributed by atoms with E-state index in [0.717, 1.165) is 35.5 Å². The summed E-state index contributed by atoms with van der Waals surface area (Å²) in [5.74, 6) is 0.920. The quantitative estimate of drug-likeness (QED) is 0.895. The molecule has 1 heterocycles. The Bertz CT molecular complexity index is 632. The summed E-state index contributed by atoms with van der Waals surface area (Å²) < 4.78 is 5.91. The number of fused-ring (bicyclic) bond motifs is 2. The molecule has 0 unspecified atom stereocenters. The smallest absolute Gasteiger partial charge is 0.307 e. The van der Waals surface area contributed by atoms with Crippen LogP contribution in [-0.2, 0) is 24.1 Å². The molecule has 0 saturated carbocycles. The highest BCUT2D eigenvalue weighted by atomic mass is 16.5. The maximum Gasteiger partial charge on any atom is 0.307 e. The Balaban J connectivity index is 1.95. The van der Waals surface area contributed by atoms with Crippen molar-refractivity contribution in [1.82, 2.24) is 0 Å². The van der Waals surface area contributed by atoms with Crippen LogP contribution in [0.3, 0.4) is 0 Å². The molecule has 19 heavy (non-hydrogen) atoms. The van der Waals surface area contributed by atoms with Crippen molar-refractivity contribution in [3.63, 3.8) is 0 Å². The topological polar surface area (TPSA) is 46.5 Å². The zero-order valence-electron chi connectivity index (χ0n) is 10.4. The van der Waals surface area contributed by atoms with Gasteiger partial charge in [-0.3, -0.25) is 4.79 Å². The lowest BCUT2D eigenvalue weighted by Gasteiger charge is -2.09. The summed E-state index contributed by atoms with van der Waals surface area (Å²) in [6.07, 6.45) is 1.85. The molecule has 3 heteroatoms. The van der Waals surface area contributed by atoms with E-state index < -0.39 is 5.97 Å². The van der Waals surface area contributed by atoms with Crippen molar-refractivity contribution < 1.29 is 14.6 Å². The summed E-state index contributed by atoms with van der Waals surface area (Å²) >= 11 is 0. The number of hydrogen-bond acceptors (Lipinski definition) is 2. The summed E-state index contributed by atoms with van der Waals surface area (Å²) in [5.41, 5.74) is 3.09.